The molecular formula is C21H28N2O2. The Balaban J connectivity index is 1.40. The summed E-state index contributed by atoms with van der Waals surface area (Å²) in [6, 6.07) is 10.9. The summed E-state index contributed by atoms with van der Waals surface area (Å²) in [6.07, 6.45) is 3.69. The van der Waals surface area contributed by atoms with E-state index in [2.05, 4.69) is 43.0 Å². The highest BCUT2D eigenvalue weighted by molar-refractivity contribution is 5.84. The van der Waals surface area contributed by atoms with E-state index in [0.29, 0.717) is 24.2 Å². The third-order valence-corrected chi connectivity index (χ3v) is 6.01. The zero-order valence-corrected chi connectivity index (χ0v) is 15.2. The summed E-state index contributed by atoms with van der Waals surface area (Å²) in [5, 5.41) is 0. The lowest BCUT2D eigenvalue weighted by molar-refractivity contribution is -0.145. The summed E-state index contributed by atoms with van der Waals surface area (Å²) in [4.78, 5) is 29.6. The van der Waals surface area contributed by atoms with E-state index in [4.69, 9.17) is 0 Å². The summed E-state index contributed by atoms with van der Waals surface area (Å²) < 4.78 is 0. The molecule has 0 spiro atoms. The first-order valence-electron chi connectivity index (χ1n) is 9.69. The van der Waals surface area contributed by atoms with Crippen molar-refractivity contribution in [3.05, 3.63) is 35.9 Å². The fraction of sp³-hybridized carbons (Fsp3) is 0.619. The molecule has 1 saturated carbocycles. The SMILES string of the molecule is CC(C)CC(=O)N1C[C@H]2CC[C@@H](C1)N2C(=O)[C@H]1C[C@@H]1c1ccccc1. The lowest BCUT2D eigenvalue weighted by atomic mass is 10.1. The topological polar surface area (TPSA) is 40.6 Å². The van der Waals surface area contributed by atoms with Crippen molar-refractivity contribution in [3.8, 4) is 0 Å². The van der Waals surface area contributed by atoms with E-state index in [0.717, 1.165) is 32.4 Å². The fourth-order valence-electron chi connectivity index (χ4n) is 4.67. The van der Waals surface area contributed by atoms with E-state index >= 15 is 0 Å². The molecule has 3 aliphatic rings. The van der Waals surface area contributed by atoms with Gasteiger partial charge >= 0.3 is 0 Å². The van der Waals surface area contributed by atoms with Crippen LogP contribution in [-0.2, 0) is 9.59 Å². The fourth-order valence-corrected chi connectivity index (χ4v) is 4.67. The molecule has 25 heavy (non-hydrogen) atoms. The molecule has 3 fully saturated rings. The van der Waals surface area contributed by atoms with Gasteiger partial charge in [0.05, 0.1) is 0 Å². The van der Waals surface area contributed by atoms with Crippen LogP contribution in [0.3, 0.4) is 0 Å². The predicted octanol–water partition coefficient (Wildman–Crippen LogP) is 3.04. The van der Waals surface area contributed by atoms with Gasteiger partial charge in [-0.1, -0.05) is 44.2 Å². The average molecular weight is 340 g/mol. The monoisotopic (exact) mass is 340 g/mol. The first kappa shape index (κ1) is 16.6. The van der Waals surface area contributed by atoms with Gasteiger partial charge in [0, 0.05) is 37.5 Å². The summed E-state index contributed by atoms with van der Waals surface area (Å²) in [6.45, 7) is 5.64. The van der Waals surface area contributed by atoms with Crippen LogP contribution >= 0.6 is 0 Å². The van der Waals surface area contributed by atoms with Crippen LogP contribution in [0.4, 0.5) is 0 Å². The number of carbonyl (C=O) groups is 2. The van der Waals surface area contributed by atoms with Crippen LogP contribution in [0.15, 0.2) is 30.3 Å². The number of rotatable bonds is 4. The Morgan fingerprint density at radius 1 is 1.08 bits per heavy atom. The molecule has 2 saturated heterocycles. The Morgan fingerprint density at radius 2 is 1.72 bits per heavy atom. The molecule has 2 amide bonds. The molecule has 4 nitrogen and oxygen atoms in total. The second kappa shape index (κ2) is 6.47. The van der Waals surface area contributed by atoms with E-state index in [1.54, 1.807) is 0 Å². The highest BCUT2D eigenvalue weighted by Gasteiger charge is 2.51. The van der Waals surface area contributed by atoms with Crippen molar-refractivity contribution >= 4 is 11.8 Å². The molecule has 2 heterocycles. The van der Waals surface area contributed by atoms with Crippen molar-refractivity contribution < 1.29 is 9.59 Å². The molecule has 0 aromatic heterocycles. The van der Waals surface area contributed by atoms with Gasteiger partial charge in [-0.3, -0.25) is 9.59 Å². The van der Waals surface area contributed by atoms with Crippen LogP contribution in [0, 0.1) is 11.8 Å². The number of piperazine rings is 1. The van der Waals surface area contributed by atoms with E-state index in [9.17, 15) is 9.59 Å². The van der Waals surface area contributed by atoms with Gasteiger partial charge in [-0.15, -0.1) is 0 Å². The van der Waals surface area contributed by atoms with Gasteiger partial charge < -0.3 is 9.80 Å². The van der Waals surface area contributed by atoms with E-state index in [1.165, 1.54) is 5.56 Å². The molecule has 134 valence electrons. The van der Waals surface area contributed by atoms with Crippen molar-refractivity contribution in [2.45, 2.75) is 57.5 Å². The number of nitrogens with zero attached hydrogens (tertiary/aromatic N) is 2. The standard InChI is InChI=1S/C21H28N2O2/c1-14(2)10-20(24)22-12-16-8-9-17(13-22)23(16)21(25)19-11-18(19)15-6-4-3-5-7-15/h3-7,14,16-19H,8-13H2,1-2H3/t16-,17+,18-,19+/m1/s1. The number of amides is 2. The van der Waals surface area contributed by atoms with Crippen LogP contribution in [-0.4, -0.2) is 46.8 Å². The third-order valence-electron chi connectivity index (χ3n) is 6.01. The molecule has 2 bridgehead atoms. The minimum absolute atomic E-state index is 0.156. The van der Waals surface area contributed by atoms with Gasteiger partial charge in [-0.2, -0.15) is 0 Å². The summed E-state index contributed by atoms with van der Waals surface area (Å²) in [5.41, 5.74) is 1.29. The van der Waals surface area contributed by atoms with E-state index in [-0.39, 0.29) is 23.9 Å². The largest absolute Gasteiger partial charge is 0.339 e. The molecular weight excluding hydrogens is 312 g/mol. The summed E-state index contributed by atoms with van der Waals surface area (Å²) >= 11 is 0. The quantitative estimate of drug-likeness (QED) is 0.845. The predicted molar refractivity (Wildman–Crippen MR) is 97.0 cm³/mol. The Kier molecular flexibility index (Phi) is 4.30. The van der Waals surface area contributed by atoms with E-state index in [1.807, 2.05) is 11.0 Å². The molecule has 0 N–H and O–H groups in total. The highest BCUT2D eigenvalue weighted by Crippen LogP contribution is 2.50. The van der Waals surface area contributed by atoms with Gasteiger partial charge in [0.1, 0.15) is 0 Å². The minimum atomic E-state index is 0.156. The van der Waals surface area contributed by atoms with Crippen molar-refractivity contribution in [2.75, 3.05) is 13.1 Å². The summed E-state index contributed by atoms with van der Waals surface area (Å²) in [5.74, 6) is 1.53. The number of hydrogen-bond acceptors (Lipinski definition) is 2. The first-order valence-corrected chi connectivity index (χ1v) is 9.69. The van der Waals surface area contributed by atoms with Gasteiger partial charge in [-0.25, -0.2) is 0 Å². The Bertz CT molecular complexity index is 643. The average Bonchev–Trinajstić information content (AvgIpc) is 3.35. The Labute approximate surface area is 150 Å². The Morgan fingerprint density at radius 3 is 2.32 bits per heavy atom. The normalized spacial score (nSPS) is 30.7. The van der Waals surface area contributed by atoms with Crippen molar-refractivity contribution in [3.63, 3.8) is 0 Å². The number of carbonyl (C=O) groups excluding carboxylic acids is 2. The zero-order valence-electron chi connectivity index (χ0n) is 15.2. The molecule has 1 aromatic carbocycles. The molecule has 4 heteroatoms. The Hall–Kier alpha value is -1.84. The minimum Gasteiger partial charge on any atom is -0.339 e. The number of likely N-dealkylation sites (tertiary alicyclic amines) is 1. The smallest absolute Gasteiger partial charge is 0.226 e. The van der Waals surface area contributed by atoms with Crippen LogP contribution in [0.1, 0.15) is 51.0 Å². The number of hydrogen-bond donors (Lipinski definition) is 0. The van der Waals surface area contributed by atoms with Gasteiger partial charge in [0.15, 0.2) is 0 Å². The number of fused-ring (bicyclic) bond motifs is 2. The lowest BCUT2D eigenvalue weighted by Crippen LogP contribution is -2.57. The molecule has 4 rings (SSSR count). The van der Waals surface area contributed by atoms with Crippen molar-refractivity contribution in [2.24, 2.45) is 11.8 Å². The van der Waals surface area contributed by atoms with Crippen LogP contribution in [0.5, 0.6) is 0 Å². The van der Waals surface area contributed by atoms with Crippen molar-refractivity contribution in [1.29, 1.82) is 0 Å². The molecule has 1 aliphatic carbocycles. The van der Waals surface area contributed by atoms with Gasteiger partial charge in [0.2, 0.25) is 11.8 Å². The second-order valence-electron chi connectivity index (χ2n) is 8.39. The van der Waals surface area contributed by atoms with Crippen LogP contribution in [0.25, 0.3) is 0 Å². The van der Waals surface area contributed by atoms with Gasteiger partial charge in [-0.05, 0) is 36.7 Å². The maximum absolute atomic E-state index is 13.1. The van der Waals surface area contributed by atoms with Gasteiger partial charge in [0.25, 0.3) is 0 Å². The third kappa shape index (κ3) is 3.19. The summed E-state index contributed by atoms with van der Waals surface area (Å²) in [7, 11) is 0. The maximum Gasteiger partial charge on any atom is 0.226 e. The van der Waals surface area contributed by atoms with Crippen LogP contribution in [0.2, 0.25) is 0 Å². The zero-order chi connectivity index (χ0) is 17.6. The highest BCUT2D eigenvalue weighted by atomic mass is 16.2. The van der Waals surface area contributed by atoms with Crippen molar-refractivity contribution in [1.82, 2.24) is 9.80 Å². The molecule has 2 aliphatic heterocycles. The molecule has 0 radical (unpaired) electrons. The second-order valence-corrected chi connectivity index (χ2v) is 8.39. The maximum atomic E-state index is 13.1. The molecule has 0 unspecified atom stereocenters. The first-order chi connectivity index (χ1) is 12.0. The van der Waals surface area contributed by atoms with Crippen LogP contribution < -0.4 is 0 Å². The molecule has 1 aromatic rings. The number of benzene rings is 1. The van der Waals surface area contributed by atoms with E-state index < -0.39 is 0 Å². The molecule has 4 atom stereocenters. The lowest BCUT2D eigenvalue weighted by Gasteiger charge is -2.41.